The SMILES string of the molecule is COc1ccc2c(c1)C(N)(c1sccc1Cl)CC2. The van der Waals surface area contributed by atoms with Gasteiger partial charge in [0.05, 0.1) is 17.7 Å². The zero-order valence-electron chi connectivity index (χ0n) is 10.1. The van der Waals surface area contributed by atoms with Gasteiger partial charge in [0, 0.05) is 4.88 Å². The number of rotatable bonds is 2. The summed E-state index contributed by atoms with van der Waals surface area (Å²) >= 11 is 7.87. The maximum absolute atomic E-state index is 6.63. The second-order valence-electron chi connectivity index (χ2n) is 4.59. The highest BCUT2D eigenvalue weighted by Crippen LogP contribution is 2.45. The summed E-state index contributed by atoms with van der Waals surface area (Å²) in [4.78, 5) is 1.05. The van der Waals surface area contributed by atoms with Crippen LogP contribution in [0, 0.1) is 0 Å². The molecule has 94 valence electrons. The average Bonchev–Trinajstić information content (AvgIpc) is 2.95. The summed E-state index contributed by atoms with van der Waals surface area (Å²) in [6, 6.07) is 8.04. The van der Waals surface area contributed by atoms with E-state index in [0.717, 1.165) is 34.1 Å². The lowest BCUT2D eigenvalue weighted by molar-refractivity contribution is 0.413. The third kappa shape index (κ3) is 1.66. The Morgan fingerprint density at radius 3 is 2.89 bits per heavy atom. The molecule has 2 nitrogen and oxygen atoms in total. The van der Waals surface area contributed by atoms with Crippen LogP contribution in [0.2, 0.25) is 5.02 Å². The van der Waals surface area contributed by atoms with E-state index in [2.05, 4.69) is 6.07 Å². The molecular formula is C14H14ClNOS. The summed E-state index contributed by atoms with van der Waals surface area (Å²) in [5.41, 5.74) is 8.61. The summed E-state index contributed by atoms with van der Waals surface area (Å²) < 4.78 is 5.30. The van der Waals surface area contributed by atoms with Crippen LogP contribution < -0.4 is 10.5 Å². The zero-order chi connectivity index (χ0) is 12.8. The van der Waals surface area contributed by atoms with E-state index in [0.29, 0.717) is 0 Å². The van der Waals surface area contributed by atoms with Gasteiger partial charge in [-0.25, -0.2) is 0 Å². The molecule has 1 aliphatic carbocycles. The molecule has 0 fully saturated rings. The quantitative estimate of drug-likeness (QED) is 0.912. The van der Waals surface area contributed by atoms with Crippen molar-refractivity contribution >= 4 is 22.9 Å². The second-order valence-corrected chi connectivity index (χ2v) is 5.92. The number of ether oxygens (including phenoxy) is 1. The molecular weight excluding hydrogens is 266 g/mol. The molecule has 3 rings (SSSR count). The predicted octanol–water partition coefficient (Wildman–Crippen LogP) is 3.56. The van der Waals surface area contributed by atoms with Crippen LogP contribution >= 0.6 is 22.9 Å². The maximum atomic E-state index is 6.63. The molecule has 0 saturated heterocycles. The van der Waals surface area contributed by atoms with Gasteiger partial charge in [0.15, 0.2) is 0 Å². The number of nitrogens with two attached hydrogens (primary N) is 1. The molecule has 0 saturated carbocycles. The van der Waals surface area contributed by atoms with E-state index >= 15 is 0 Å². The van der Waals surface area contributed by atoms with E-state index in [4.69, 9.17) is 22.1 Å². The first-order valence-electron chi connectivity index (χ1n) is 5.85. The molecule has 1 atom stereocenters. The first-order chi connectivity index (χ1) is 8.65. The molecule has 0 bridgehead atoms. The Bertz CT molecular complexity index is 595. The Kier molecular flexibility index (Phi) is 2.85. The summed E-state index contributed by atoms with van der Waals surface area (Å²) in [5.74, 6) is 0.846. The number of methoxy groups -OCH3 is 1. The second kappa shape index (κ2) is 4.26. The van der Waals surface area contributed by atoms with E-state index in [-0.39, 0.29) is 0 Å². The monoisotopic (exact) mass is 279 g/mol. The topological polar surface area (TPSA) is 35.2 Å². The van der Waals surface area contributed by atoms with Crippen molar-refractivity contribution in [1.82, 2.24) is 0 Å². The van der Waals surface area contributed by atoms with Crippen molar-refractivity contribution in [3.8, 4) is 5.75 Å². The molecule has 0 aliphatic heterocycles. The fourth-order valence-electron chi connectivity index (χ4n) is 2.63. The van der Waals surface area contributed by atoms with Crippen molar-refractivity contribution < 1.29 is 4.74 Å². The minimum Gasteiger partial charge on any atom is -0.497 e. The zero-order valence-corrected chi connectivity index (χ0v) is 11.6. The molecule has 1 unspecified atom stereocenters. The first-order valence-corrected chi connectivity index (χ1v) is 7.10. The molecule has 1 heterocycles. The van der Waals surface area contributed by atoms with E-state index < -0.39 is 5.54 Å². The van der Waals surface area contributed by atoms with Crippen molar-refractivity contribution in [1.29, 1.82) is 0 Å². The fraction of sp³-hybridized carbons (Fsp3) is 0.286. The van der Waals surface area contributed by atoms with Crippen molar-refractivity contribution in [2.45, 2.75) is 18.4 Å². The minimum atomic E-state index is -0.463. The predicted molar refractivity (Wildman–Crippen MR) is 75.6 cm³/mol. The van der Waals surface area contributed by atoms with E-state index in [1.54, 1.807) is 18.4 Å². The van der Waals surface area contributed by atoms with Crippen molar-refractivity contribution in [3.05, 3.63) is 50.7 Å². The number of hydrogen-bond acceptors (Lipinski definition) is 3. The molecule has 0 amide bonds. The van der Waals surface area contributed by atoms with Gasteiger partial charge in [-0.15, -0.1) is 11.3 Å². The van der Waals surface area contributed by atoms with Crippen LogP contribution in [0.5, 0.6) is 5.75 Å². The fourth-order valence-corrected chi connectivity index (χ4v) is 4.01. The first kappa shape index (κ1) is 12.0. The van der Waals surface area contributed by atoms with Crippen LogP contribution in [0.15, 0.2) is 29.6 Å². The van der Waals surface area contributed by atoms with Crippen molar-refractivity contribution in [2.24, 2.45) is 5.73 Å². The lowest BCUT2D eigenvalue weighted by Gasteiger charge is -2.25. The van der Waals surface area contributed by atoms with Crippen LogP contribution in [-0.2, 0) is 12.0 Å². The van der Waals surface area contributed by atoms with Crippen LogP contribution in [-0.4, -0.2) is 7.11 Å². The van der Waals surface area contributed by atoms with Gasteiger partial charge in [-0.2, -0.15) is 0 Å². The Balaban J connectivity index is 2.16. The van der Waals surface area contributed by atoms with Gasteiger partial charge in [0.25, 0.3) is 0 Å². The molecule has 2 N–H and O–H groups in total. The molecule has 1 aliphatic rings. The number of fused-ring (bicyclic) bond motifs is 1. The van der Waals surface area contributed by atoms with Crippen molar-refractivity contribution in [3.63, 3.8) is 0 Å². The number of aryl methyl sites for hydroxylation is 1. The molecule has 18 heavy (non-hydrogen) atoms. The van der Waals surface area contributed by atoms with Crippen LogP contribution in [0.3, 0.4) is 0 Å². The Morgan fingerprint density at radius 1 is 1.39 bits per heavy atom. The highest BCUT2D eigenvalue weighted by atomic mass is 35.5. The van der Waals surface area contributed by atoms with E-state index in [9.17, 15) is 0 Å². The van der Waals surface area contributed by atoms with Gasteiger partial charge in [0.1, 0.15) is 5.75 Å². The van der Waals surface area contributed by atoms with Crippen LogP contribution in [0.25, 0.3) is 0 Å². The number of benzene rings is 1. The Labute approximate surface area is 115 Å². The number of halogens is 1. The average molecular weight is 280 g/mol. The summed E-state index contributed by atoms with van der Waals surface area (Å²) in [6.45, 7) is 0. The van der Waals surface area contributed by atoms with Gasteiger partial charge in [-0.3, -0.25) is 0 Å². The maximum Gasteiger partial charge on any atom is 0.119 e. The highest BCUT2D eigenvalue weighted by molar-refractivity contribution is 7.10. The molecule has 1 aromatic carbocycles. The van der Waals surface area contributed by atoms with Crippen LogP contribution in [0.4, 0.5) is 0 Å². The van der Waals surface area contributed by atoms with Gasteiger partial charge in [-0.05, 0) is 47.5 Å². The lowest BCUT2D eigenvalue weighted by atomic mass is 9.91. The number of hydrogen-bond donors (Lipinski definition) is 1. The summed E-state index contributed by atoms with van der Waals surface area (Å²) in [5, 5.41) is 2.75. The minimum absolute atomic E-state index is 0.463. The molecule has 0 radical (unpaired) electrons. The lowest BCUT2D eigenvalue weighted by Crippen LogP contribution is -2.34. The van der Waals surface area contributed by atoms with Gasteiger partial charge >= 0.3 is 0 Å². The number of thiophene rings is 1. The highest BCUT2D eigenvalue weighted by Gasteiger charge is 2.39. The Morgan fingerprint density at radius 2 is 2.22 bits per heavy atom. The van der Waals surface area contributed by atoms with Gasteiger partial charge < -0.3 is 10.5 Å². The largest absolute Gasteiger partial charge is 0.497 e. The molecule has 0 spiro atoms. The molecule has 2 aromatic rings. The van der Waals surface area contributed by atoms with Gasteiger partial charge in [-0.1, -0.05) is 17.7 Å². The smallest absolute Gasteiger partial charge is 0.119 e. The third-order valence-corrected chi connectivity index (χ3v) is 5.13. The van der Waals surface area contributed by atoms with Crippen LogP contribution in [0.1, 0.15) is 22.4 Å². The summed E-state index contributed by atoms with van der Waals surface area (Å²) in [7, 11) is 1.67. The van der Waals surface area contributed by atoms with E-state index in [1.165, 1.54) is 5.56 Å². The standard InChI is InChI=1S/C14H14ClNOS/c1-17-10-3-2-9-4-6-14(16,11(9)8-10)13-12(15)5-7-18-13/h2-3,5,7-8H,4,6,16H2,1H3. The van der Waals surface area contributed by atoms with Gasteiger partial charge in [0.2, 0.25) is 0 Å². The molecule has 4 heteroatoms. The van der Waals surface area contributed by atoms with Crippen molar-refractivity contribution in [2.75, 3.05) is 7.11 Å². The normalized spacial score (nSPS) is 21.9. The summed E-state index contributed by atoms with van der Waals surface area (Å²) in [6.07, 6.45) is 1.89. The Hall–Kier alpha value is -1.03. The van der Waals surface area contributed by atoms with E-state index in [1.807, 2.05) is 23.6 Å². The third-order valence-electron chi connectivity index (χ3n) is 3.61. The molecule has 1 aromatic heterocycles.